The first-order chi connectivity index (χ1) is 9.95. The van der Waals surface area contributed by atoms with Gasteiger partial charge in [-0.25, -0.2) is 4.39 Å². The van der Waals surface area contributed by atoms with Gasteiger partial charge in [-0.1, -0.05) is 11.6 Å². The Bertz CT molecular complexity index is 704. The number of pyridine rings is 1. The Balaban J connectivity index is 2.08. The van der Waals surface area contributed by atoms with Gasteiger partial charge in [0, 0.05) is 11.1 Å². The summed E-state index contributed by atoms with van der Waals surface area (Å²) in [6, 6.07) is 7.35. The van der Waals surface area contributed by atoms with Crippen molar-refractivity contribution in [3.05, 3.63) is 59.1 Å². The molecular formula is C15H13ClFN2O2+. The highest BCUT2D eigenvalue weighted by molar-refractivity contribution is 6.30. The number of nitrogens with zero attached hydrogens (tertiary/aromatic N) is 1. The van der Waals surface area contributed by atoms with E-state index in [9.17, 15) is 14.0 Å². The van der Waals surface area contributed by atoms with Gasteiger partial charge in [0.05, 0.1) is 11.3 Å². The maximum atomic E-state index is 13.6. The zero-order valence-corrected chi connectivity index (χ0v) is 12.0. The minimum Gasteiger partial charge on any atom is -0.318 e. The van der Waals surface area contributed by atoms with Gasteiger partial charge in [0.15, 0.2) is 18.2 Å². The van der Waals surface area contributed by atoms with Crippen LogP contribution in [0.2, 0.25) is 5.02 Å². The molecule has 0 saturated heterocycles. The van der Waals surface area contributed by atoms with E-state index in [-0.39, 0.29) is 23.0 Å². The number of nitrogens with one attached hydrogen (secondary N) is 1. The van der Waals surface area contributed by atoms with Crippen molar-refractivity contribution >= 4 is 29.0 Å². The second-order valence-electron chi connectivity index (χ2n) is 4.49. The van der Waals surface area contributed by atoms with Gasteiger partial charge in [0.1, 0.15) is 5.82 Å². The lowest BCUT2D eigenvalue weighted by Crippen LogP contribution is -2.40. The third-order valence-corrected chi connectivity index (χ3v) is 3.03. The lowest BCUT2D eigenvalue weighted by atomic mass is 10.2. The molecule has 108 valence electrons. The van der Waals surface area contributed by atoms with Crippen molar-refractivity contribution in [3.8, 4) is 0 Å². The van der Waals surface area contributed by atoms with Gasteiger partial charge in [-0.3, -0.25) is 9.59 Å². The molecule has 4 nitrogen and oxygen atoms in total. The number of halogens is 2. The van der Waals surface area contributed by atoms with Crippen LogP contribution in [0.5, 0.6) is 0 Å². The third kappa shape index (κ3) is 4.10. The highest BCUT2D eigenvalue weighted by atomic mass is 35.5. The van der Waals surface area contributed by atoms with Crippen molar-refractivity contribution in [1.82, 2.24) is 0 Å². The van der Waals surface area contributed by atoms with Gasteiger partial charge in [0.25, 0.3) is 5.91 Å². The van der Waals surface area contributed by atoms with Gasteiger partial charge < -0.3 is 5.32 Å². The molecule has 1 aromatic heterocycles. The Hall–Kier alpha value is -2.27. The van der Waals surface area contributed by atoms with Crippen LogP contribution in [0.3, 0.4) is 0 Å². The van der Waals surface area contributed by atoms with E-state index in [1.54, 1.807) is 29.1 Å². The largest absolute Gasteiger partial charge is 0.318 e. The average Bonchev–Trinajstić information content (AvgIpc) is 2.42. The summed E-state index contributed by atoms with van der Waals surface area (Å²) in [4.78, 5) is 23.2. The number of hydrogen-bond donors (Lipinski definition) is 1. The topological polar surface area (TPSA) is 50.0 Å². The zero-order chi connectivity index (χ0) is 15.4. The molecule has 0 bridgehead atoms. The number of amides is 1. The first-order valence-corrected chi connectivity index (χ1v) is 6.58. The SMILES string of the molecule is CC(=O)c1ccc[n+](CC(=O)Nc2ccc(Cl)cc2F)c1. The molecule has 21 heavy (non-hydrogen) atoms. The molecule has 1 N–H and O–H groups in total. The van der Waals surface area contributed by atoms with Crippen LogP contribution < -0.4 is 9.88 Å². The van der Waals surface area contributed by atoms with Crippen LogP contribution in [0.4, 0.5) is 10.1 Å². The Morgan fingerprint density at radius 1 is 1.33 bits per heavy atom. The molecule has 0 spiro atoms. The van der Waals surface area contributed by atoms with Crippen LogP contribution in [0, 0.1) is 5.82 Å². The van der Waals surface area contributed by atoms with Crippen LogP contribution in [-0.2, 0) is 11.3 Å². The van der Waals surface area contributed by atoms with Crippen molar-refractivity contribution in [2.75, 3.05) is 5.32 Å². The summed E-state index contributed by atoms with van der Waals surface area (Å²) in [6.45, 7) is 1.42. The van der Waals surface area contributed by atoms with Crippen LogP contribution >= 0.6 is 11.6 Å². The average molecular weight is 308 g/mol. The predicted molar refractivity (Wildman–Crippen MR) is 76.7 cm³/mol. The number of carbonyl (C=O) groups excluding carboxylic acids is 2. The molecule has 0 unspecified atom stereocenters. The van der Waals surface area contributed by atoms with Crippen LogP contribution in [0.25, 0.3) is 0 Å². The molecule has 1 heterocycles. The van der Waals surface area contributed by atoms with Crippen molar-refractivity contribution in [3.63, 3.8) is 0 Å². The first-order valence-electron chi connectivity index (χ1n) is 6.20. The minimum atomic E-state index is -0.599. The van der Waals surface area contributed by atoms with Gasteiger partial charge in [-0.05, 0) is 31.2 Å². The van der Waals surface area contributed by atoms with E-state index in [1.807, 2.05) is 0 Å². The number of Topliss-reactive ketones (excluding diaryl/α,β-unsaturated/α-hetero) is 1. The van der Waals surface area contributed by atoms with Crippen molar-refractivity contribution in [1.29, 1.82) is 0 Å². The Morgan fingerprint density at radius 2 is 2.10 bits per heavy atom. The smallest absolute Gasteiger partial charge is 0.290 e. The summed E-state index contributed by atoms with van der Waals surface area (Å²) >= 11 is 5.64. The molecule has 1 amide bonds. The van der Waals surface area contributed by atoms with E-state index >= 15 is 0 Å². The number of hydrogen-bond acceptors (Lipinski definition) is 2. The highest BCUT2D eigenvalue weighted by Gasteiger charge is 2.13. The third-order valence-electron chi connectivity index (χ3n) is 2.80. The molecule has 0 radical (unpaired) electrons. The standard InChI is InChI=1S/C15H12ClFN2O2/c1-10(20)11-3-2-6-19(8-11)9-15(21)18-14-5-4-12(16)7-13(14)17/h2-8H,9H2,1H3/p+1. The second-order valence-corrected chi connectivity index (χ2v) is 4.93. The number of rotatable bonds is 4. The fourth-order valence-electron chi connectivity index (χ4n) is 1.77. The number of anilines is 1. The zero-order valence-electron chi connectivity index (χ0n) is 11.3. The fourth-order valence-corrected chi connectivity index (χ4v) is 1.93. The maximum Gasteiger partial charge on any atom is 0.290 e. The molecule has 2 aromatic rings. The summed E-state index contributed by atoms with van der Waals surface area (Å²) in [5.74, 6) is -1.09. The van der Waals surface area contributed by atoms with Gasteiger partial charge >= 0.3 is 0 Å². The molecule has 0 aliphatic carbocycles. The maximum absolute atomic E-state index is 13.6. The first kappa shape index (κ1) is 15.1. The van der Waals surface area contributed by atoms with Crippen LogP contribution in [-0.4, -0.2) is 11.7 Å². The van der Waals surface area contributed by atoms with E-state index < -0.39 is 11.7 Å². The summed E-state index contributed by atoms with van der Waals surface area (Å²) in [5, 5.41) is 2.71. The number of carbonyl (C=O) groups is 2. The summed E-state index contributed by atoms with van der Waals surface area (Å²) in [5.41, 5.74) is 0.565. The highest BCUT2D eigenvalue weighted by Crippen LogP contribution is 2.18. The van der Waals surface area contributed by atoms with E-state index in [1.165, 1.54) is 19.1 Å². The normalized spacial score (nSPS) is 10.2. The molecule has 6 heteroatoms. The van der Waals surface area contributed by atoms with Crippen molar-refractivity contribution in [2.24, 2.45) is 0 Å². The number of ketones is 1. The van der Waals surface area contributed by atoms with Gasteiger partial charge in [0.2, 0.25) is 6.54 Å². The quantitative estimate of drug-likeness (QED) is 0.697. The van der Waals surface area contributed by atoms with Crippen LogP contribution in [0.1, 0.15) is 17.3 Å². The van der Waals surface area contributed by atoms with Crippen molar-refractivity contribution in [2.45, 2.75) is 13.5 Å². The molecule has 0 fully saturated rings. The molecule has 0 saturated carbocycles. The van der Waals surface area contributed by atoms with Crippen molar-refractivity contribution < 1.29 is 18.5 Å². The molecule has 0 aliphatic rings. The molecule has 0 aliphatic heterocycles. The van der Waals surface area contributed by atoms with Gasteiger partial charge in [-0.15, -0.1) is 0 Å². The molecule has 0 atom stereocenters. The second kappa shape index (κ2) is 6.45. The summed E-state index contributed by atoms with van der Waals surface area (Å²) in [7, 11) is 0. The lowest BCUT2D eigenvalue weighted by Gasteiger charge is -2.05. The lowest BCUT2D eigenvalue weighted by molar-refractivity contribution is -0.684. The van der Waals surface area contributed by atoms with Gasteiger partial charge in [-0.2, -0.15) is 4.57 Å². The summed E-state index contributed by atoms with van der Waals surface area (Å²) in [6.07, 6.45) is 3.23. The van der Waals surface area contributed by atoms with Crippen LogP contribution in [0.15, 0.2) is 42.7 Å². The Kier molecular flexibility index (Phi) is 4.65. The number of aromatic nitrogens is 1. The van der Waals surface area contributed by atoms with E-state index in [2.05, 4.69) is 5.32 Å². The fraction of sp³-hybridized carbons (Fsp3) is 0.133. The van der Waals surface area contributed by atoms with E-state index in [4.69, 9.17) is 11.6 Å². The minimum absolute atomic E-state index is 0.0246. The predicted octanol–water partition coefficient (Wildman–Crippen LogP) is 2.61. The Morgan fingerprint density at radius 3 is 2.76 bits per heavy atom. The number of benzene rings is 1. The monoisotopic (exact) mass is 307 g/mol. The van der Waals surface area contributed by atoms with E-state index in [0.717, 1.165) is 6.07 Å². The molecule has 1 aromatic carbocycles. The molecule has 2 rings (SSSR count). The van der Waals surface area contributed by atoms with E-state index in [0.29, 0.717) is 5.56 Å². The molecular weight excluding hydrogens is 295 g/mol. The summed E-state index contributed by atoms with van der Waals surface area (Å²) < 4.78 is 15.1. The Labute approximate surface area is 126 Å².